The lowest BCUT2D eigenvalue weighted by Crippen LogP contribution is -2.32. The summed E-state index contributed by atoms with van der Waals surface area (Å²) in [7, 11) is 1.61. The average molecular weight is 384 g/mol. The molecule has 3 aromatic heterocycles. The number of rotatable bonds is 8. The molecule has 28 heavy (non-hydrogen) atoms. The molecule has 0 spiro atoms. The van der Waals surface area contributed by atoms with Gasteiger partial charge < -0.3 is 14.1 Å². The first kappa shape index (κ1) is 19.8. The quantitative estimate of drug-likeness (QED) is 0.554. The zero-order valence-electron chi connectivity index (χ0n) is 16.3. The van der Waals surface area contributed by atoms with E-state index >= 15 is 0 Å². The van der Waals surface area contributed by atoms with Gasteiger partial charge in [-0.15, -0.1) is 0 Å². The number of furan rings is 1. The van der Waals surface area contributed by atoms with Crippen molar-refractivity contribution in [2.45, 2.75) is 33.4 Å². The maximum Gasteiger partial charge on any atom is 0.265 e. The van der Waals surface area contributed by atoms with Gasteiger partial charge in [0.05, 0.1) is 5.56 Å². The van der Waals surface area contributed by atoms with E-state index in [1.807, 2.05) is 19.1 Å². The summed E-state index contributed by atoms with van der Waals surface area (Å²) in [4.78, 5) is 36.1. The molecular formula is C20H24N4O4. The Labute approximate surface area is 162 Å². The van der Waals surface area contributed by atoms with Crippen LogP contribution in [0.1, 0.15) is 35.0 Å². The molecule has 0 unspecified atom stereocenters. The lowest BCUT2D eigenvalue weighted by Gasteiger charge is -2.20. The van der Waals surface area contributed by atoms with Gasteiger partial charge in [-0.05, 0) is 38.0 Å². The van der Waals surface area contributed by atoms with E-state index < -0.39 is 0 Å². The molecule has 0 aliphatic heterocycles. The highest BCUT2D eigenvalue weighted by Gasteiger charge is 2.26. The first-order valence-electron chi connectivity index (χ1n) is 9.22. The maximum atomic E-state index is 13.3. The molecule has 0 atom stereocenters. The number of amides is 1. The number of aryl methyl sites for hydroxylation is 2. The van der Waals surface area contributed by atoms with Crippen molar-refractivity contribution in [2.24, 2.45) is 0 Å². The third kappa shape index (κ3) is 3.96. The molecule has 8 heteroatoms. The van der Waals surface area contributed by atoms with Crippen LogP contribution in [-0.4, -0.2) is 45.6 Å². The minimum absolute atomic E-state index is 0.189. The SMILES string of the molecule is CCN(Cc1ccncc1)C(=O)c1c(C)oc2ncn(CCCOC)c(=O)c12. The fourth-order valence-electron chi connectivity index (χ4n) is 3.13. The normalized spacial score (nSPS) is 11.1. The predicted molar refractivity (Wildman–Crippen MR) is 104 cm³/mol. The van der Waals surface area contributed by atoms with E-state index in [0.717, 1.165) is 5.56 Å². The van der Waals surface area contributed by atoms with Crippen molar-refractivity contribution in [1.82, 2.24) is 19.4 Å². The number of hydrogen-bond acceptors (Lipinski definition) is 6. The van der Waals surface area contributed by atoms with E-state index in [-0.39, 0.29) is 28.1 Å². The van der Waals surface area contributed by atoms with Crippen molar-refractivity contribution in [3.8, 4) is 0 Å². The van der Waals surface area contributed by atoms with Crippen LogP contribution in [0.4, 0.5) is 0 Å². The number of methoxy groups -OCH3 is 1. The Morgan fingerprint density at radius 1 is 1.32 bits per heavy atom. The Kier molecular flexibility index (Phi) is 6.20. The molecule has 3 rings (SSSR count). The van der Waals surface area contributed by atoms with Crippen LogP contribution < -0.4 is 5.56 Å². The topological polar surface area (TPSA) is 90.5 Å². The molecule has 0 aromatic carbocycles. The minimum Gasteiger partial charge on any atom is -0.442 e. The second-order valence-electron chi connectivity index (χ2n) is 6.48. The van der Waals surface area contributed by atoms with Crippen molar-refractivity contribution in [1.29, 1.82) is 0 Å². The third-order valence-electron chi connectivity index (χ3n) is 4.61. The van der Waals surface area contributed by atoms with Crippen molar-refractivity contribution in [2.75, 3.05) is 20.3 Å². The summed E-state index contributed by atoms with van der Waals surface area (Å²) in [5, 5.41) is 0.232. The number of fused-ring (bicyclic) bond motifs is 1. The first-order chi connectivity index (χ1) is 13.6. The van der Waals surface area contributed by atoms with Gasteiger partial charge in [0, 0.05) is 45.7 Å². The van der Waals surface area contributed by atoms with E-state index in [1.165, 1.54) is 10.9 Å². The first-order valence-corrected chi connectivity index (χ1v) is 9.22. The predicted octanol–water partition coefficient (Wildman–Crippen LogP) is 2.39. The van der Waals surface area contributed by atoms with Crippen LogP contribution in [0.15, 0.2) is 40.1 Å². The van der Waals surface area contributed by atoms with Gasteiger partial charge in [-0.25, -0.2) is 4.98 Å². The van der Waals surface area contributed by atoms with Crippen molar-refractivity contribution in [3.63, 3.8) is 0 Å². The molecule has 8 nitrogen and oxygen atoms in total. The summed E-state index contributed by atoms with van der Waals surface area (Å²) in [5.41, 5.74) is 1.16. The van der Waals surface area contributed by atoms with Gasteiger partial charge in [0.15, 0.2) is 0 Å². The molecule has 148 valence electrons. The summed E-state index contributed by atoms with van der Waals surface area (Å²) in [6.45, 7) is 5.50. The number of carbonyl (C=O) groups is 1. The molecule has 0 saturated carbocycles. The lowest BCUT2D eigenvalue weighted by molar-refractivity contribution is 0.0752. The molecule has 0 bridgehead atoms. The van der Waals surface area contributed by atoms with Crippen molar-refractivity contribution < 1.29 is 13.9 Å². The van der Waals surface area contributed by atoms with Crippen molar-refractivity contribution in [3.05, 3.63) is 58.1 Å². The highest BCUT2D eigenvalue weighted by atomic mass is 16.5. The van der Waals surface area contributed by atoms with Gasteiger partial charge in [0.2, 0.25) is 5.71 Å². The number of aromatic nitrogens is 3. The molecule has 1 amide bonds. The van der Waals surface area contributed by atoms with Crippen molar-refractivity contribution >= 4 is 17.0 Å². The van der Waals surface area contributed by atoms with Gasteiger partial charge in [-0.3, -0.25) is 19.1 Å². The standard InChI is InChI=1S/C20H24N4O4/c1-4-23(12-15-6-8-21-9-7-15)19(25)16-14(2)28-18-17(16)20(26)24(13-22-18)10-5-11-27-3/h6-9,13H,4-5,10-12H2,1-3H3. The summed E-state index contributed by atoms with van der Waals surface area (Å²) in [6, 6.07) is 3.72. The van der Waals surface area contributed by atoms with E-state index in [2.05, 4.69) is 9.97 Å². The van der Waals surface area contributed by atoms with E-state index in [0.29, 0.717) is 38.4 Å². The number of carbonyl (C=O) groups excluding carboxylic acids is 1. The van der Waals surface area contributed by atoms with E-state index in [9.17, 15) is 9.59 Å². The van der Waals surface area contributed by atoms with Gasteiger partial charge in [0.25, 0.3) is 11.5 Å². The number of pyridine rings is 1. The van der Waals surface area contributed by atoms with Gasteiger partial charge in [-0.2, -0.15) is 0 Å². The monoisotopic (exact) mass is 384 g/mol. The minimum atomic E-state index is -0.277. The summed E-state index contributed by atoms with van der Waals surface area (Å²) >= 11 is 0. The van der Waals surface area contributed by atoms with E-state index in [4.69, 9.17) is 9.15 Å². The summed E-state index contributed by atoms with van der Waals surface area (Å²) in [5.74, 6) is 0.150. The Hall–Kier alpha value is -3.00. The molecule has 0 saturated heterocycles. The Balaban J connectivity index is 1.98. The van der Waals surface area contributed by atoms with Crippen LogP contribution in [0.2, 0.25) is 0 Å². The van der Waals surface area contributed by atoms with Gasteiger partial charge in [-0.1, -0.05) is 0 Å². The number of ether oxygens (including phenoxy) is 1. The summed E-state index contributed by atoms with van der Waals surface area (Å²) < 4.78 is 12.2. The second-order valence-corrected chi connectivity index (χ2v) is 6.48. The molecule has 3 aromatic rings. The number of hydrogen-bond donors (Lipinski definition) is 0. The molecular weight excluding hydrogens is 360 g/mol. The Bertz CT molecular complexity index is 1010. The maximum absolute atomic E-state index is 13.3. The lowest BCUT2D eigenvalue weighted by atomic mass is 10.1. The van der Waals surface area contributed by atoms with E-state index in [1.54, 1.807) is 31.3 Å². The zero-order valence-corrected chi connectivity index (χ0v) is 16.3. The second kappa shape index (κ2) is 8.79. The van der Waals surface area contributed by atoms with Crippen LogP contribution in [0.25, 0.3) is 11.1 Å². The Morgan fingerprint density at radius 2 is 2.07 bits per heavy atom. The fourth-order valence-corrected chi connectivity index (χ4v) is 3.13. The highest BCUT2D eigenvalue weighted by molar-refractivity contribution is 6.06. The molecule has 0 aliphatic rings. The van der Waals surface area contributed by atoms with Crippen LogP contribution in [0.5, 0.6) is 0 Å². The number of nitrogens with zero attached hydrogens (tertiary/aromatic N) is 4. The Morgan fingerprint density at radius 3 is 2.75 bits per heavy atom. The van der Waals surface area contributed by atoms with Crippen LogP contribution in [-0.2, 0) is 17.8 Å². The smallest absolute Gasteiger partial charge is 0.265 e. The largest absolute Gasteiger partial charge is 0.442 e. The zero-order chi connectivity index (χ0) is 20.1. The third-order valence-corrected chi connectivity index (χ3v) is 4.61. The van der Waals surface area contributed by atoms with Crippen LogP contribution in [0.3, 0.4) is 0 Å². The van der Waals surface area contributed by atoms with Crippen LogP contribution >= 0.6 is 0 Å². The highest BCUT2D eigenvalue weighted by Crippen LogP contribution is 2.23. The molecule has 0 radical (unpaired) electrons. The molecule has 0 fully saturated rings. The molecule has 0 aliphatic carbocycles. The van der Waals surface area contributed by atoms with Crippen LogP contribution in [0, 0.1) is 6.92 Å². The molecule has 3 heterocycles. The molecule has 0 N–H and O–H groups in total. The fraction of sp³-hybridized carbons (Fsp3) is 0.400. The summed E-state index contributed by atoms with van der Waals surface area (Å²) in [6.07, 6.45) is 5.50. The average Bonchev–Trinajstić information content (AvgIpc) is 3.05. The van der Waals surface area contributed by atoms with Gasteiger partial charge >= 0.3 is 0 Å². The van der Waals surface area contributed by atoms with Gasteiger partial charge in [0.1, 0.15) is 17.5 Å².